The van der Waals surface area contributed by atoms with E-state index in [0.29, 0.717) is 40.2 Å². The van der Waals surface area contributed by atoms with E-state index in [0.717, 1.165) is 79.0 Å². The number of allylic oxidation sites excluding steroid dienone is 4. The van der Waals surface area contributed by atoms with Crippen LogP contribution in [0.1, 0.15) is 66.5 Å². The van der Waals surface area contributed by atoms with Crippen molar-refractivity contribution < 1.29 is 19.0 Å². The highest BCUT2D eigenvalue weighted by atomic mass is 19.1. The average Bonchev–Trinajstić information content (AvgIpc) is 3.75. The number of para-hydroxylation sites is 1. The van der Waals surface area contributed by atoms with Gasteiger partial charge in [0, 0.05) is 40.6 Å². The number of benzene rings is 2. The molecule has 12 heteroatoms. The Morgan fingerprint density at radius 2 is 1.96 bits per heavy atom. The van der Waals surface area contributed by atoms with E-state index in [1.54, 1.807) is 24.3 Å². The molecule has 2 aromatic carbocycles. The molecule has 0 spiro atoms. The maximum Gasteiger partial charge on any atom is 0.212 e. The molecule has 2 aliphatic heterocycles. The van der Waals surface area contributed by atoms with Gasteiger partial charge in [0.15, 0.2) is 0 Å². The zero-order valence-corrected chi connectivity index (χ0v) is 30.8. The molecular weight excluding hydrogens is 684 g/mol. The van der Waals surface area contributed by atoms with Gasteiger partial charge in [-0.1, -0.05) is 30.4 Å². The predicted octanol–water partition coefficient (Wildman–Crippen LogP) is 8.71. The van der Waals surface area contributed by atoms with Crippen LogP contribution in [0.3, 0.4) is 0 Å². The first-order chi connectivity index (χ1) is 26.3. The molecule has 0 unspecified atom stereocenters. The van der Waals surface area contributed by atoms with Gasteiger partial charge in [-0.05, 0) is 114 Å². The minimum atomic E-state index is -0.410. The summed E-state index contributed by atoms with van der Waals surface area (Å²) in [5.74, 6) is 1.52. The summed E-state index contributed by atoms with van der Waals surface area (Å²) >= 11 is 0. The monoisotopic (exact) mass is 730 g/mol. The lowest BCUT2D eigenvalue weighted by Gasteiger charge is -2.30. The molecule has 0 aliphatic carbocycles. The van der Waals surface area contributed by atoms with Crippen molar-refractivity contribution in [3.05, 3.63) is 119 Å². The Hall–Kier alpha value is -5.72. The highest BCUT2D eigenvalue weighted by molar-refractivity contribution is 5.86. The van der Waals surface area contributed by atoms with Crippen molar-refractivity contribution in [1.82, 2.24) is 30.0 Å². The second kappa shape index (κ2) is 18.4. The summed E-state index contributed by atoms with van der Waals surface area (Å²) in [4.78, 5) is 18.7. The SMILES string of the molecule is C=N/C(=C\C=C/CC1CCN(Cc2nc3ccc(/C(O)=C\c4c(/C=C\C=N)n[nH]c4C)cc3[nH]2)CC1)OCc1c(F)cnc2ccccc12.C[C@@H]1CCO1. The number of hydrogen-bond donors (Lipinski definition) is 4. The van der Waals surface area contributed by atoms with Gasteiger partial charge in [-0.15, -0.1) is 0 Å². The number of halogens is 1. The van der Waals surface area contributed by atoms with Crippen LogP contribution in [0.25, 0.3) is 39.8 Å². The van der Waals surface area contributed by atoms with E-state index in [1.165, 1.54) is 18.8 Å². The van der Waals surface area contributed by atoms with E-state index in [-0.39, 0.29) is 12.4 Å². The Kier molecular flexibility index (Phi) is 12.9. The molecule has 7 rings (SSSR count). The first kappa shape index (κ1) is 38.0. The van der Waals surface area contributed by atoms with Crippen LogP contribution in [-0.4, -0.2) is 73.9 Å². The van der Waals surface area contributed by atoms with Gasteiger partial charge in [0.05, 0.1) is 41.1 Å². The smallest absolute Gasteiger partial charge is 0.212 e. The van der Waals surface area contributed by atoms with Crippen molar-refractivity contribution in [1.29, 1.82) is 5.41 Å². The van der Waals surface area contributed by atoms with E-state index < -0.39 is 5.82 Å². The second-order valence-electron chi connectivity index (χ2n) is 13.5. The van der Waals surface area contributed by atoms with Crippen molar-refractivity contribution in [2.24, 2.45) is 10.9 Å². The molecular formula is C42H47FN8O3. The summed E-state index contributed by atoms with van der Waals surface area (Å²) in [5, 5.41) is 26.0. The van der Waals surface area contributed by atoms with Gasteiger partial charge in [-0.2, -0.15) is 5.10 Å². The van der Waals surface area contributed by atoms with Gasteiger partial charge in [-0.25, -0.2) is 14.4 Å². The van der Waals surface area contributed by atoms with E-state index in [9.17, 15) is 9.50 Å². The highest BCUT2D eigenvalue weighted by Crippen LogP contribution is 2.26. The molecule has 5 heterocycles. The van der Waals surface area contributed by atoms with Crippen molar-refractivity contribution >= 4 is 52.8 Å². The fourth-order valence-corrected chi connectivity index (χ4v) is 6.40. The quantitative estimate of drug-likeness (QED) is 0.0538. The third-order valence-electron chi connectivity index (χ3n) is 9.69. The Morgan fingerprint density at radius 3 is 2.70 bits per heavy atom. The summed E-state index contributed by atoms with van der Waals surface area (Å²) in [6, 6.07) is 13.1. The molecule has 280 valence electrons. The number of nitrogens with one attached hydrogen (secondary N) is 3. The number of aromatic nitrogens is 5. The number of H-pyrrole nitrogens is 2. The molecule has 11 nitrogen and oxygen atoms in total. The number of aryl methyl sites for hydroxylation is 1. The third kappa shape index (κ3) is 9.82. The number of aliphatic imine (C=N–C) groups is 1. The maximum atomic E-state index is 14.5. The van der Waals surface area contributed by atoms with Gasteiger partial charge in [-0.3, -0.25) is 15.0 Å². The van der Waals surface area contributed by atoms with E-state index in [4.69, 9.17) is 19.9 Å². The first-order valence-electron chi connectivity index (χ1n) is 18.3. The van der Waals surface area contributed by atoms with Crippen molar-refractivity contribution in [2.45, 2.75) is 58.8 Å². The zero-order chi connectivity index (χ0) is 37.9. The van der Waals surface area contributed by atoms with Crippen LogP contribution >= 0.6 is 0 Å². The van der Waals surface area contributed by atoms with Crippen LogP contribution in [0.5, 0.6) is 0 Å². The zero-order valence-electron chi connectivity index (χ0n) is 30.8. The maximum absolute atomic E-state index is 14.5. The van der Waals surface area contributed by atoms with Crippen molar-refractivity contribution in [3.63, 3.8) is 0 Å². The second-order valence-corrected chi connectivity index (χ2v) is 13.5. The van der Waals surface area contributed by atoms with Crippen LogP contribution < -0.4 is 0 Å². The number of rotatable bonds is 13. The van der Waals surface area contributed by atoms with Gasteiger partial charge >= 0.3 is 0 Å². The summed E-state index contributed by atoms with van der Waals surface area (Å²) in [6.07, 6.45) is 18.2. The predicted molar refractivity (Wildman–Crippen MR) is 214 cm³/mol. The molecule has 2 aliphatic rings. The molecule has 0 amide bonds. The van der Waals surface area contributed by atoms with Gasteiger partial charge in [0.1, 0.15) is 24.0 Å². The van der Waals surface area contributed by atoms with Crippen LogP contribution in [0.2, 0.25) is 0 Å². The molecule has 54 heavy (non-hydrogen) atoms. The van der Waals surface area contributed by atoms with Gasteiger partial charge in [0.25, 0.3) is 0 Å². The van der Waals surface area contributed by atoms with Crippen LogP contribution in [-0.2, 0) is 22.6 Å². The lowest BCUT2D eigenvalue weighted by atomic mass is 9.93. The van der Waals surface area contributed by atoms with Crippen LogP contribution in [0, 0.1) is 24.1 Å². The van der Waals surface area contributed by atoms with Gasteiger partial charge in [0.2, 0.25) is 5.88 Å². The number of aliphatic hydroxyl groups is 1. The van der Waals surface area contributed by atoms with Crippen LogP contribution in [0.4, 0.5) is 4.39 Å². The lowest BCUT2D eigenvalue weighted by molar-refractivity contribution is -0.0375. The van der Waals surface area contributed by atoms with Crippen molar-refractivity contribution in [3.8, 4) is 0 Å². The molecule has 2 fully saturated rings. The highest BCUT2D eigenvalue weighted by Gasteiger charge is 2.20. The average molecular weight is 731 g/mol. The number of aromatic amines is 2. The topological polar surface area (TPSA) is 148 Å². The number of aliphatic hydroxyl groups excluding tert-OH is 1. The molecule has 1 atom stereocenters. The number of piperidine rings is 1. The first-order valence-corrected chi connectivity index (χ1v) is 18.3. The summed E-state index contributed by atoms with van der Waals surface area (Å²) in [5.41, 5.74) is 5.80. The van der Waals surface area contributed by atoms with Crippen molar-refractivity contribution in [2.75, 3.05) is 19.7 Å². The van der Waals surface area contributed by atoms with Crippen LogP contribution in [0.15, 0.2) is 83.8 Å². The molecule has 4 N–H and O–H groups in total. The normalized spacial score (nSPS) is 17.2. The van der Waals surface area contributed by atoms with E-state index in [1.807, 2.05) is 55.5 Å². The number of ether oxygens (including phenoxy) is 2. The van der Waals surface area contributed by atoms with E-state index in [2.05, 4.69) is 49.8 Å². The number of imidazole rings is 1. The molecule has 0 radical (unpaired) electrons. The number of fused-ring (bicyclic) bond motifs is 2. The Balaban J connectivity index is 0.000000919. The fraction of sp³-hybridized carbons (Fsp3) is 0.310. The van der Waals surface area contributed by atoms with Gasteiger partial charge < -0.3 is 25.0 Å². The summed E-state index contributed by atoms with van der Waals surface area (Å²) in [6.45, 7) is 11.3. The third-order valence-corrected chi connectivity index (χ3v) is 9.69. The Labute approximate surface area is 314 Å². The minimum absolute atomic E-state index is 0.0377. The molecule has 2 saturated heterocycles. The molecule has 3 aromatic heterocycles. The Morgan fingerprint density at radius 1 is 1.17 bits per heavy atom. The lowest BCUT2D eigenvalue weighted by Crippen LogP contribution is -2.33. The standard InChI is InChI=1S/C38H39FN8O2.C4H8O/c1-25-29(33(46-45-25)11-7-17-40)21-36(48)27-13-14-34-35(20-27)44-37(43-34)23-47-18-15-26(16-19-47)8-3-6-12-38(41-2)49-24-30-28-9-4-5-10-32(28)42-22-31(30)39;1-4-2-3-5-4/h3-7,9-14,17,20-22,26,40,48H,2,8,15-16,18-19,23-24H2,1H3,(H,43,44)(H,45,46);4H,2-3H2,1H3/b6-3-,11-7-,36-21+,38-12+,40-17?;/t;4-/m.1/s1. The summed E-state index contributed by atoms with van der Waals surface area (Å²) in [7, 11) is 0. The molecule has 5 aromatic rings. The summed E-state index contributed by atoms with van der Waals surface area (Å²) < 4.78 is 25.2. The Bertz CT molecular complexity index is 2190. The molecule has 0 saturated carbocycles. The number of hydrogen-bond acceptors (Lipinski definition) is 9. The van der Waals surface area contributed by atoms with E-state index >= 15 is 0 Å². The number of likely N-dealkylation sites (tertiary alicyclic amines) is 1. The largest absolute Gasteiger partial charge is 0.507 e. The number of pyridine rings is 1. The fourth-order valence-electron chi connectivity index (χ4n) is 6.40. The minimum Gasteiger partial charge on any atom is -0.507 e. The number of nitrogens with zero attached hydrogens (tertiary/aromatic N) is 5. The molecule has 0 bridgehead atoms.